The third kappa shape index (κ3) is 3.42. The van der Waals surface area contributed by atoms with Gasteiger partial charge in [-0.1, -0.05) is 17.7 Å². The molecule has 2 saturated heterocycles. The lowest BCUT2D eigenvalue weighted by Gasteiger charge is -2.22. The van der Waals surface area contributed by atoms with Crippen molar-refractivity contribution in [1.82, 2.24) is 0 Å². The molecule has 128 valence electrons. The van der Waals surface area contributed by atoms with Crippen LogP contribution in [0.25, 0.3) is 0 Å². The minimum Gasteiger partial charge on any atom is -0.387 e. The van der Waals surface area contributed by atoms with Gasteiger partial charge in [0.2, 0.25) is 0 Å². The van der Waals surface area contributed by atoms with Gasteiger partial charge in [-0.2, -0.15) is 8.42 Å². The molecular weight excluding hydrogens is 324 g/mol. The highest BCUT2D eigenvalue weighted by atomic mass is 32.2. The quantitative estimate of drug-likeness (QED) is 0.813. The molecular formula is C15H20O7S. The molecule has 4 atom stereocenters. The van der Waals surface area contributed by atoms with Crippen LogP contribution >= 0.6 is 0 Å². The van der Waals surface area contributed by atoms with Gasteiger partial charge in [0.25, 0.3) is 10.1 Å². The Morgan fingerprint density at radius 1 is 1.22 bits per heavy atom. The zero-order chi connectivity index (χ0) is 16.8. The highest BCUT2D eigenvalue weighted by molar-refractivity contribution is 7.86. The summed E-state index contributed by atoms with van der Waals surface area (Å²) in [6.45, 7) is 4.99. The maximum atomic E-state index is 12.1. The Balaban J connectivity index is 1.62. The monoisotopic (exact) mass is 344 g/mol. The van der Waals surface area contributed by atoms with Crippen LogP contribution in [-0.2, 0) is 28.5 Å². The van der Waals surface area contributed by atoms with E-state index in [4.69, 9.17) is 18.4 Å². The highest BCUT2D eigenvalue weighted by Crippen LogP contribution is 2.37. The molecule has 2 fully saturated rings. The molecule has 0 aliphatic carbocycles. The van der Waals surface area contributed by atoms with E-state index in [2.05, 4.69) is 0 Å². The Morgan fingerprint density at radius 3 is 2.48 bits per heavy atom. The van der Waals surface area contributed by atoms with Gasteiger partial charge in [0.05, 0.1) is 11.5 Å². The molecule has 1 aromatic carbocycles. The van der Waals surface area contributed by atoms with Crippen LogP contribution in [0.4, 0.5) is 0 Å². The molecule has 3 rings (SSSR count). The first-order valence-electron chi connectivity index (χ1n) is 7.33. The molecule has 0 amide bonds. The number of ether oxygens (including phenoxy) is 3. The van der Waals surface area contributed by atoms with Gasteiger partial charge >= 0.3 is 0 Å². The SMILES string of the molecule is Cc1ccc(S(=O)(=O)OC[C@H]2O[C@@H]3OC(C)(C)O[C@@H]3[C@@H]2O)cc1. The van der Waals surface area contributed by atoms with Crippen molar-refractivity contribution in [1.29, 1.82) is 0 Å². The van der Waals surface area contributed by atoms with Crippen molar-refractivity contribution in [3.05, 3.63) is 29.8 Å². The van der Waals surface area contributed by atoms with Gasteiger partial charge in [-0.25, -0.2) is 0 Å². The number of hydrogen-bond acceptors (Lipinski definition) is 7. The molecule has 23 heavy (non-hydrogen) atoms. The maximum absolute atomic E-state index is 12.1. The second kappa shape index (κ2) is 5.80. The summed E-state index contributed by atoms with van der Waals surface area (Å²) in [4.78, 5) is 0.0596. The van der Waals surface area contributed by atoms with Crippen LogP contribution in [0.1, 0.15) is 19.4 Å². The summed E-state index contributed by atoms with van der Waals surface area (Å²) < 4.78 is 45.8. The van der Waals surface area contributed by atoms with Crippen molar-refractivity contribution in [3.8, 4) is 0 Å². The minimum absolute atomic E-state index is 0.0596. The van der Waals surface area contributed by atoms with E-state index in [0.717, 1.165) is 5.56 Å². The number of fused-ring (bicyclic) bond motifs is 1. The summed E-state index contributed by atoms with van der Waals surface area (Å²) in [6, 6.07) is 6.32. The Kier molecular flexibility index (Phi) is 4.24. The Morgan fingerprint density at radius 2 is 1.87 bits per heavy atom. The van der Waals surface area contributed by atoms with Crippen LogP contribution in [0.5, 0.6) is 0 Å². The molecule has 1 N–H and O–H groups in total. The maximum Gasteiger partial charge on any atom is 0.297 e. The molecule has 0 spiro atoms. The van der Waals surface area contributed by atoms with Crippen molar-refractivity contribution >= 4 is 10.1 Å². The standard InChI is InChI=1S/C15H20O7S/c1-9-4-6-10(7-5-9)23(17,18)19-8-11-12(16)13-14(20-11)22-15(2,3)21-13/h4-7,11-14,16H,8H2,1-3H3/t11-,12-,13-,14-/m1/s1. The smallest absolute Gasteiger partial charge is 0.297 e. The van der Waals surface area contributed by atoms with E-state index >= 15 is 0 Å². The average Bonchev–Trinajstić information content (AvgIpc) is 2.91. The molecule has 2 aliphatic rings. The molecule has 0 unspecified atom stereocenters. The topological polar surface area (TPSA) is 91.3 Å². The van der Waals surface area contributed by atoms with Crippen molar-refractivity contribution in [2.24, 2.45) is 0 Å². The van der Waals surface area contributed by atoms with Crippen LogP contribution in [-0.4, -0.2) is 50.5 Å². The van der Waals surface area contributed by atoms with Crippen molar-refractivity contribution in [2.45, 2.75) is 56.1 Å². The van der Waals surface area contributed by atoms with Gasteiger partial charge in [-0.15, -0.1) is 0 Å². The fraction of sp³-hybridized carbons (Fsp3) is 0.600. The van der Waals surface area contributed by atoms with Crippen molar-refractivity contribution in [3.63, 3.8) is 0 Å². The van der Waals surface area contributed by atoms with Crippen LogP contribution in [0.3, 0.4) is 0 Å². The summed E-state index contributed by atoms with van der Waals surface area (Å²) in [6.07, 6.45) is -3.23. The Bertz CT molecular complexity index is 668. The number of rotatable bonds is 4. The molecule has 8 heteroatoms. The lowest BCUT2D eigenvalue weighted by Crippen LogP contribution is -2.37. The minimum atomic E-state index is -3.91. The summed E-state index contributed by atoms with van der Waals surface area (Å²) in [5.74, 6) is -0.837. The summed E-state index contributed by atoms with van der Waals surface area (Å²) in [7, 11) is -3.91. The van der Waals surface area contributed by atoms with Gasteiger partial charge in [-0.3, -0.25) is 4.18 Å². The van der Waals surface area contributed by atoms with E-state index in [-0.39, 0.29) is 11.5 Å². The van der Waals surface area contributed by atoms with E-state index in [1.807, 2.05) is 6.92 Å². The van der Waals surface area contributed by atoms with E-state index in [1.165, 1.54) is 12.1 Å². The lowest BCUT2D eigenvalue weighted by atomic mass is 10.1. The van der Waals surface area contributed by atoms with Gasteiger partial charge in [0, 0.05) is 0 Å². The first-order chi connectivity index (χ1) is 10.7. The molecule has 7 nitrogen and oxygen atoms in total. The molecule has 0 radical (unpaired) electrons. The second-order valence-electron chi connectivity index (χ2n) is 6.19. The number of hydrogen-bond donors (Lipinski definition) is 1. The largest absolute Gasteiger partial charge is 0.387 e. The number of benzene rings is 1. The van der Waals surface area contributed by atoms with Crippen molar-refractivity contribution in [2.75, 3.05) is 6.61 Å². The van der Waals surface area contributed by atoms with E-state index < -0.39 is 40.5 Å². The van der Waals surface area contributed by atoms with Crippen molar-refractivity contribution < 1.29 is 31.9 Å². The van der Waals surface area contributed by atoms with Gasteiger partial charge < -0.3 is 19.3 Å². The van der Waals surface area contributed by atoms with Crippen LogP contribution in [0.2, 0.25) is 0 Å². The fourth-order valence-corrected chi connectivity index (χ4v) is 3.54. The predicted molar refractivity (Wildman–Crippen MR) is 79.0 cm³/mol. The van der Waals surface area contributed by atoms with Gasteiger partial charge in [-0.05, 0) is 32.9 Å². The number of aliphatic hydroxyl groups is 1. The molecule has 0 aromatic heterocycles. The van der Waals surface area contributed by atoms with Crippen LogP contribution < -0.4 is 0 Å². The Labute approximate surface area is 135 Å². The first kappa shape index (κ1) is 16.8. The van der Waals surface area contributed by atoms with E-state index in [0.29, 0.717) is 0 Å². The number of aryl methyl sites for hydroxylation is 1. The highest BCUT2D eigenvalue weighted by Gasteiger charge is 2.54. The second-order valence-corrected chi connectivity index (χ2v) is 7.80. The third-order valence-electron chi connectivity index (χ3n) is 3.81. The number of aliphatic hydroxyl groups excluding tert-OH is 1. The van der Waals surface area contributed by atoms with Gasteiger partial charge in [0.15, 0.2) is 12.1 Å². The molecule has 2 heterocycles. The Hall–Kier alpha value is -1.03. The summed E-state index contributed by atoms with van der Waals surface area (Å²) in [5, 5.41) is 10.2. The third-order valence-corrected chi connectivity index (χ3v) is 5.11. The first-order valence-corrected chi connectivity index (χ1v) is 8.74. The average molecular weight is 344 g/mol. The fourth-order valence-electron chi connectivity index (χ4n) is 2.63. The van der Waals surface area contributed by atoms with Gasteiger partial charge in [0.1, 0.15) is 18.3 Å². The molecule has 0 bridgehead atoms. The lowest BCUT2D eigenvalue weighted by molar-refractivity contribution is -0.217. The normalized spacial score (nSPS) is 32.9. The van der Waals surface area contributed by atoms with E-state index in [9.17, 15) is 13.5 Å². The van der Waals surface area contributed by atoms with Crippen LogP contribution in [0.15, 0.2) is 29.2 Å². The molecule has 2 aliphatic heterocycles. The predicted octanol–water partition coefficient (Wildman–Crippen LogP) is 0.938. The zero-order valence-electron chi connectivity index (χ0n) is 13.1. The summed E-state index contributed by atoms with van der Waals surface area (Å²) in [5.41, 5.74) is 0.947. The summed E-state index contributed by atoms with van der Waals surface area (Å²) >= 11 is 0. The van der Waals surface area contributed by atoms with Crippen LogP contribution in [0, 0.1) is 6.92 Å². The molecule has 1 aromatic rings. The zero-order valence-corrected chi connectivity index (χ0v) is 13.9. The van der Waals surface area contributed by atoms with E-state index in [1.54, 1.807) is 26.0 Å². The molecule has 0 saturated carbocycles.